The summed E-state index contributed by atoms with van der Waals surface area (Å²) in [5.41, 5.74) is 2.17. The first-order chi connectivity index (χ1) is 16.0. The first-order valence-electron chi connectivity index (χ1n) is 11.2. The van der Waals surface area contributed by atoms with Gasteiger partial charge in [0.2, 0.25) is 0 Å². The highest BCUT2D eigenvalue weighted by molar-refractivity contribution is 6.02. The molecule has 1 heterocycles. The number of piperidine rings is 1. The zero-order chi connectivity index (χ0) is 23.2. The van der Waals surface area contributed by atoms with Gasteiger partial charge < -0.3 is 10.0 Å². The van der Waals surface area contributed by atoms with Gasteiger partial charge in [0.1, 0.15) is 0 Å². The van der Waals surface area contributed by atoms with Gasteiger partial charge in [-0.2, -0.15) is 0 Å². The van der Waals surface area contributed by atoms with Gasteiger partial charge in [0.15, 0.2) is 11.6 Å². The van der Waals surface area contributed by atoms with Crippen molar-refractivity contribution in [1.82, 2.24) is 4.90 Å². The maximum absolute atomic E-state index is 13.7. The van der Waals surface area contributed by atoms with E-state index in [-0.39, 0.29) is 23.9 Å². The molecule has 0 unspecified atom stereocenters. The van der Waals surface area contributed by atoms with Crippen molar-refractivity contribution in [3.8, 4) is 0 Å². The summed E-state index contributed by atoms with van der Waals surface area (Å²) in [5, 5.41) is 9.22. The molecule has 1 saturated heterocycles. The molecule has 1 N–H and O–H groups in total. The van der Waals surface area contributed by atoms with E-state index in [1.54, 1.807) is 24.3 Å². The number of carboxylic acid groups (broad SMARTS) is 1. The number of Topliss-reactive ketones (excluding diaryl/α,β-unsaturated/α-hetero) is 2. The summed E-state index contributed by atoms with van der Waals surface area (Å²) in [6, 6.07) is 28.0. The highest BCUT2D eigenvalue weighted by atomic mass is 16.4. The van der Waals surface area contributed by atoms with Gasteiger partial charge in [-0.15, -0.1) is 0 Å². The highest BCUT2D eigenvalue weighted by Crippen LogP contribution is 2.40. The van der Waals surface area contributed by atoms with Gasteiger partial charge in [-0.3, -0.25) is 14.4 Å². The normalized spacial score (nSPS) is 20.8. The summed E-state index contributed by atoms with van der Waals surface area (Å²) in [4.78, 5) is 40.6. The molecule has 1 aliphatic heterocycles. The van der Waals surface area contributed by atoms with E-state index in [4.69, 9.17) is 0 Å². The van der Waals surface area contributed by atoms with Crippen LogP contribution in [0.1, 0.15) is 38.6 Å². The van der Waals surface area contributed by atoms with Crippen LogP contribution in [0.25, 0.3) is 0 Å². The smallest absolute Gasteiger partial charge is 0.304 e. The van der Waals surface area contributed by atoms with Crippen LogP contribution in [-0.4, -0.2) is 47.2 Å². The summed E-state index contributed by atoms with van der Waals surface area (Å²) >= 11 is 0. The molecule has 5 heteroatoms. The van der Waals surface area contributed by atoms with E-state index >= 15 is 0 Å². The second kappa shape index (κ2) is 10.4. The lowest BCUT2D eigenvalue weighted by Gasteiger charge is -2.43. The molecule has 0 bridgehead atoms. The molecule has 5 nitrogen and oxygen atoms in total. The van der Waals surface area contributed by atoms with E-state index in [1.165, 1.54) is 0 Å². The third kappa shape index (κ3) is 5.26. The van der Waals surface area contributed by atoms with Crippen LogP contribution in [0.2, 0.25) is 0 Å². The van der Waals surface area contributed by atoms with Crippen LogP contribution in [0.5, 0.6) is 0 Å². The Balaban J connectivity index is 1.77. The first-order valence-corrected chi connectivity index (χ1v) is 11.2. The molecule has 33 heavy (non-hydrogen) atoms. The predicted molar refractivity (Wildman–Crippen MR) is 126 cm³/mol. The minimum Gasteiger partial charge on any atom is -0.481 e. The lowest BCUT2D eigenvalue weighted by molar-refractivity contribution is -0.137. The number of rotatable bonds is 8. The van der Waals surface area contributed by atoms with Gasteiger partial charge in [-0.1, -0.05) is 91.0 Å². The second-order valence-electron chi connectivity index (χ2n) is 8.51. The molecule has 3 aromatic rings. The molecule has 3 aromatic carbocycles. The van der Waals surface area contributed by atoms with Crippen molar-refractivity contribution in [3.63, 3.8) is 0 Å². The molecule has 0 amide bonds. The van der Waals surface area contributed by atoms with Crippen molar-refractivity contribution in [3.05, 3.63) is 108 Å². The number of hydrogen-bond acceptors (Lipinski definition) is 4. The van der Waals surface area contributed by atoms with Crippen LogP contribution in [-0.2, 0) is 4.79 Å². The van der Waals surface area contributed by atoms with Crippen molar-refractivity contribution < 1.29 is 19.5 Å². The number of carbonyl (C=O) groups is 3. The zero-order valence-corrected chi connectivity index (χ0v) is 18.3. The van der Waals surface area contributed by atoms with Crippen molar-refractivity contribution in [2.45, 2.75) is 12.3 Å². The van der Waals surface area contributed by atoms with E-state index < -0.39 is 17.8 Å². The van der Waals surface area contributed by atoms with Crippen LogP contribution >= 0.6 is 0 Å². The molecule has 3 atom stereocenters. The molecule has 0 saturated carbocycles. The number of ketones is 2. The molecule has 1 fully saturated rings. The summed E-state index contributed by atoms with van der Waals surface area (Å²) in [6.07, 6.45) is -0.0332. The average Bonchev–Trinajstić information content (AvgIpc) is 2.87. The van der Waals surface area contributed by atoms with Crippen molar-refractivity contribution in [2.75, 3.05) is 19.6 Å². The van der Waals surface area contributed by atoms with Crippen LogP contribution in [0, 0.1) is 11.8 Å². The molecular weight excluding hydrogens is 414 g/mol. The maximum atomic E-state index is 13.7. The van der Waals surface area contributed by atoms with E-state index in [0.29, 0.717) is 30.8 Å². The SMILES string of the molecule is O=C(O)CCN1C[C@H](C(=O)c2ccccc2)[C@@H](c2ccccc2)[C@H](C(=O)c2ccccc2)C1. The standard InChI is InChI=1S/C28H27NO4/c30-25(31)16-17-29-18-23(27(32)21-12-6-2-7-13-21)26(20-10-4-1-5-11-20)24(19-29)28(33)22-14-8-3-9-15-22/h1-15,23-24,26H,16-19H2,(H,30,31)/t23-,24+,26+. The van der Waals surface area contributed by atoms with Gasteiger partial charge in [0.05, 0.1) is 6.42 Å². The Morgan fingerprint density at radius 3 is 1.55 bits per heavy atom. The summed E-state index contributed by atoms with van der Waals surface area (Å²) in [6.45, 7) is 1.13. The van der Waals surface area contributed by atoms with Crippen LogP contribution in [0.15, 0.2) is 91.0 Å². The van der Waals surface area contributed by atoms with Crippen LogP contribution in [0.3, 0.4) is 0 Å². The number of likely N-dealkylation sites (tertiary alicyclic amines) is 1. The second-order valence-corrected chi connectivity index (χ2v) is 8.51. The molecule has 4 rings (SSSR count). The lowest BCUT2D eigenvalue weighted by atomic mass is 9.68. The summed E-state index contributed by atoms with van der Waals surface area (Å²) in [7, 11) is 0. The van der Waals surface area contributed by atoms with Gasteiger partial charge in [-0.25, -0.2) is 0 Å². The number of nitrogens with zero attached hydrogens (tertiary/aromatic N) is 1. The number of aliphatic carboxylic acids is 1. The zero-order valence-electron chi connectivity index (χ0n) is 18.3. The third-order valence-electron chi connectivity index (χ3n) is 6.39. The first kappa shape index (κ1) is 22.6. The van der Waals surface area contributed by atoms with E-state index in [0.717, 1.165) is 5.56 Å². The van der Waals surface area contributed by atoms with Gasteiger partial charge >= 0.3 is 5.97 Å². The Morgan fingerprint density at radius 1 is 0.697 bits per heavy atom. The molecule has 0 aromatic heterocycles. The molecule has 1 aliphatic rings. The number of carbonyl (C=O) groups excluding carboxylic acids is 2. The Morgan fingerprint density at radius 2 is 1.12 bits per heavy atom. The Kier molecular flexibility index (Phi) is 7.10. The fourth-order valence-electron chi connectivity index (χ4n) is 4.84. The van der Waals surface area contributed by atoms with E-state index in [9.17, 15) is 19.5 Å². The number of benzene rings is 3. The molecule has 0 spiro atoms. The molecule has 0 aliphatic carbocycles. The Bertz CT molecular complexity index is 1040. The Hall–Kier alpha value is -3.57. The fourth-order valence-corrected chi connectivity index (χ4v) is 4.84. The largest absolute Gasteiger partial charge is 0.481 e. The van der Waals surface area contributed by atoms with E-state index in [1.807, 2.05) is 71.6 Å². The molecule has 0 radical (unpaired) electrons. The lowest BCUT2D eigenvalue weighted by Crippen LogP contribution is -2.50. The van der Waals surface area contributed by atoms with Crippen LogP contribution < -0.4 is 0 Å². The Labute approximate surface area is 193 Å². The minimum absolute atomic E-state index is 0.0182. The third-order valence-corrected chi connectivity index (χ3v) is 6.39. The van der Waals surface area contributed by atoms with Gasteiger partial charge in [0, 0.05) is 48.5 Å². The predicted octanol–water partition coefficient (Wildman–Crippen LogP) is 4.56. The van der Waals surface area contributed by atoms with E-state index in [2.05, 4.69) is 0 Å². The van der Waals surface area contributed by atoms with Crippen LogP contribution in [0.4, 0.5) is 0 Å². The fraction of sp³-hybridized carbons (Fsp3) is 0.250. The molecule has 168 valence electrons. The quantitative estimate of drug-likeness (QED) is 0.519. The molecular formula is C28H27NO4. The monoisotopic (exact) mass is 441 g/mol. The minimum atomic E-state index is -0.892. The number of carboxylic acids is 1. The maximum Gasteiger partial charge on any atom is 0.304 e. The van der Waals surface area contributed by atoms with Crippen molar-refractivity contribution >= 4 is 17.5 Å². The number of hydrogen-bond donors (Lipinski definition) is 1. The van der Waals surface area contributed by atoms with Crippen molar-refractivity contribution in [2.24, 2.45) is 11.8 Å². The average molecular weight is 442 g/mol. The summed E-state index contributed by atoms with van der Waals surface area (Å²) in [5.74, 6) is -2.15. The highest BCUT2D eigenvalue weighted by Gasteiger charge is 2.44. The van der Waals surface area contributed by atoms with Gasteiger partial charge in [-0.05, 0) is 5.56 Å². The summed E-state index contributed by atoms with van der Waals surface area (Å²) < 4.78 is 0. The topological polar surface area (TPSA) is 74.7 Å². The van der Waals surface area contributed by atoms with Gasteiger partial charge in [0.25, 0.3) is 0 Å². The van der Waals surface area contributed by atoms with Crippen molar-refractivity contribution in [1.29, 1.82) is 0 Å².